The molecule has 0 bridgehead atoms. The van der Waals surface area contributed by atoms with Gasteiger partial charge in [-0.3, -0.25) is 4.98 Å². The molecule has 2 aromatic heterocycles. The number of alkyl halides is 2. The van der Waals surface area contributed by atoms with Crippen LogP contribution in [0, 0.1) is 11.6 Å². The van der Waals surface area contributed by atoms with Gasteiger partial charge in [-0.1, -0.05) is 6.07 Å². The van der Waals surface area contributed by atoms with Crippen LogP contribution < -0.4 is 0 Å². The van der Waals surface area contributed by atoms with Crippen LogP contribution in [0.3, 0.4) is 0 Å². The van der Waals surface area contributed by atoms with E-state index < -0.39 is 23.9 Å². The number of rotatable bonds is 3. The molecule has 3 heterocycles. The van der Waals surface area contributed by atoms with E-state index in [-0.39, 0.29) is 16.4 Å². The van der Waals surface area contributed by atoms with Gasteiger partial charge in [0.05, 0.1) is 5.69 Å². The molecule has 10 heteroatoms. The largest absolute Gasteiger partial charge is 0.299 e. The van der Waals surface area contributed by atoms with Gasteiger partial charge in [-0.2, -0.15) is 9.78 Å². The van der Waals surface area contributed by atoms with Gasteiger partial charge in [0.25, 0.3) is 6.43 Å². The fourth-order valence-electron chi connectivity index (χ4n) is 2.43. The molecule has 0 unspecified atom stereocenters. The maximum Gasteiger partial charge on any atom is 0.299 e. The lowest BCUT2D eigenvalue weighted by Crippen LogP contribution is -2.15. The van der Waals surface area contributed by atoms with E-state index in [4.69, 9.17) is 0 Å². The first-order valence-corrected chi connectivity index (χ1v) is 8.43. The third-order valence-corrected chi connectivity index (χ3v) is 4.59. The first-order valence-electron chi connectivity index (χ1n) is 7.62. The van der Waals surface area contributed by atoms with Gasteiger partial charge in [-0.05, 0) is 42.1 Å². The molecule has 1 aromatic carbocycles. The quantitative estimate of drug-likeness (QED) is 0.625. The van der Waals surface area contributed by atoms with Crippen molar-refractivity contribution in [3.8, 4) is 0 Å². The summed E-state index contributed by atoms with van der Waals surface area (Å²) in [4.78, 5) is 4.58. The Kier molecular flexibility index (Phi) is 4.48. The van der Waals surface area contributed by atoms with Gasteiger partial charge in [-0.25, -0.2) is 17.6 Å². The van der Waals surface area contributed by atoms with Crippen LogP contribution in [0.4, 0.5) is 17.6 Å². The van der Waals surface area contributed by atoms with Crippen molar-refractivity contribution in [1.82, 2.24) is 19.9 Å². The zero-order valence-corrected chi connectivity index (χ0v) is 14.2. The highest BCUT2D eigenvalue weighted by molar-refractivity contribution is 8.04. The molecule has 0 aliphatic carbocycles. The average molecular weight is 391 g/mol. The van der Waals surface area contributed by atoms with E-state index in [0.717, 1.165) is 22.5 Å². The van der Waals surface area contributed by atoms with E-state index in [1.807, 2.05) is 0 Å². The molecular weight excluding hydrogens is 382 g/mol. The lowest BCUT2D eigenvalue weighted by Gasteiger charge is -2.17. The van der Waals surface area contributed by atoms with Crippen molar-refractivity contribution < 1.29 is 17.6 Å². The third kappa shape index (κ3) is 3.35. The summed E-state index contributed by atoms with van der Waals surface area (Å²) in [5.74, 6) is -2.28. The first kappa shape index (κ1) is 17.4. The summed E-state index contributed by atoms with van der Waals surface area (Å²) in [5, 5.41) is 11.4. The van der Waals surface area contributed by atoms with E-state index >= 15 is 0 Å². The highest BCUT2D eigenvalue weighted by Gasteiger charge is 2.28. The molecule has 0 amide bonds. The molecule has 1 aliphatic rings. The molecule has 0 spiro atoms. The molecule has 4 rings (SSSR count). The van der Waals surface area contributed by atoms with Crippen LogP contribution in [0.2, 0.25) is 0 Å². The van der Waals surface area contributed by atoms with Gasteiger partial charge in [0.2, 0.25) is 11.0 Å². The second kappa shape index (κ2) is 6.95. The Balaban J connectivity index is 1.90. The summed E-state index contributed by atoms with van der Waals surface area (Å²) in [5.41, 5.74) is 0.570. The van der Waals surface area contributed by atoms with Gasteiger partial charge >= 0.3 is 0 Å². The molecule has 0 N–H and O–H groups in total. The predicted molar refractivity (Wildman–Crippen MR) is 91.3 cm³/mol. The molecule has 0 saturated carbocycles. The summed E-state index contributed by atoms with van der Waals surface area (Å²) in [6, 6.07) is 8.19. The van der Waals surface area contributed by atoms with Crippen LogP contribution in [0.5, 0.6) is 0 Å². The number of hydrogen-bond acceptors (Lipinski definition) is 5. The number of allylic oxidation sites excluding steroid dienone is 1. The third-order valence-electron chi connectivity index (χ3n) is 3.62. The molecule has 0 saturated heterocycles. The number of thioether (sulfide) groups is 1. The lowest BCUT2D eigenvalue weighted by molar-refractivity contribution is 0.135. The van der Waals surface area contributed by atoms with Gasteiger partial charge in [-0.15, -0.1) is 10.2 Å². The van der Waals surface area contributed by atoms with Crippen molar-refractivity contribution in [2.45, 2.75) is 11.6 Å². The van der Waals surface area contributed by atoms with Crippen molar-refractivity contribution in [3.05, 3.63) is 76.2 Å². The van der Waals surface area contributed by atoms with E-state index in [1.165, 1.54) is 6.07 Å². The van der Waals surface area contributed by atoms with Crippen molar-refractivity contribution >= 4 is 23.5 Å². The molecule has 0 fully saturated rings. The second-order valence-corrected chi connectivity index (χ2v) is 6.40. The summed E-state index contributed by atoms with van der Waals surface area (Å²) in [6.07, 6.45) is 0.287. The zero-order valence-electron chi connectivity index (χ0n) is 13.4. The summed E-state index contributed by atoms with van der Waals surface area (Å²) < 4.78 is 54.8. The number of aromatic nitrogens is 4. The van der Waals surface area contributed by atoms with Gasteiger partial charge in [0.15, 0.2) is 0 Å². The molecule has 5 nitrogen and oxygen atoms in total. The molecular formula is C17H9F4N5S. The van der Waals surface area contributed by atoms with Crippen molar-refractivity contribution in [2.75, 3.05) is 0 Å². The van der Waals surface area contributed by atoms with Crippen molar-refractivity contribution in [2.24, 2.45) is 5.10 Å². The minimum atomic E-state index is -2.91. The monoisotopic (exact) mass is 391 g/mol. The lowest BCUT2D eigenvalue weighted by atomic mass is 10.1. The standard InChI is InChI=1S/C17H9F4N5S/c18-9-4-5-11(12(19)7-9)14-13(8-10-3-1-2-6-22-10)27-17-24-23-16(15(20)21)26(17)25-14/h1-8,15H/b13-8-. The van der Waals surface area contributed by atoms with Crippen LogP contribution in [-0.2, 0) is 0 Å². The molecule has 3 aromatic rings. The maximum absolute atomic E-state index is 14.3. The summed E-state index contributed by atoms with van der Waals surface area (Å²) in [7, 11) is 0. The summed E-state index contributed by atoms with van der Waals surface area (Å²) in [6.45, 7) is 0. The SMILES string of the molecule is Fc1ccc(C2=Nn3c(nnc3C(F)F)S/C2=C\c2ccccn2)c(F)c1. The van der Waals surface area contributed by atoms with Gasteiger partial charge in [0, 0.05) is 22.7 Å². The van der Waals surface area contributed by atoms with Gasteiger partial charge in [0.1, 0.15) is 17.3 Å². The molecule has 27 heavy (non-hydrogen) atoms. The van der Waals surface area contributed by atoms with Crippen LogP contribution in [0.15, 0.2) is 57.8 Å². The second-order valence-electron chi connectivity index (χ2n) is 5.39. The van der Waals surface area contributed by atoms with Crippen molar-refractivity contribution in [3.63, 3.8) is 0 Å². The fraction of sp³-hybridized carbons (Fsp3) is 0.0588. The Morgan fingerprint density at radius 2 is 1.93 bits per heavy atom. The van der Waals surface area contributed by atoms with E-state index in [9.17, 15) is 17.6 Å². The smallest absolute Gasteiger partial charge is 0.257 e. The fourth-order valence-corrected chi connectivity index (χ4v) is 3.35. The predicted octanol–water partition coefficient (Wildman–Crippen LogP) is 4.29. The van der Waals surface area contributed by atoms with E-state index in [2.05, 4.69) is 20.3 Å². The van der Waals surface area contributed by atoms with Crippen LogP contribution in [-0.4, -0.2) is 25.6 Å². The summed E-state index contributed by atoms with van der Waals surface area (Å²) >= 11 is 0.992. The highest BCUT2D eigenvalue weighted by Crippen LogP contribution is 2.36. The van der Waals surface area contributed by atoms with E-state index in [1.54, 1.807) is 30.5 Å². The Hall–Kier alpha value is -3.01. The Morgan fingerprint density at radius 1 is 1.07 bits per heavy atom. The average Bonchev–Trinajstić information content (AvgIpc) is 3.05. The Bertz CT molecular complexity index is 1060. The minimum absolute atomic E-state index is 0.0364. The van der Waals surface area contributed by atoms with Crippen molar-refractivity contribution in [1.29, 1.82) is 0 Å². The topological polar surface area (TPSA) is 56.0 Å². The van der Waals surface area contributed by atoms with Gasteiger partial charge < -0.3 is 0 Å². The zero-order chi connectivity index (χ0) is 19.0. The van der Waals surface area contributed by atoms with Crippen LogP contribution in [0.25, 0.3) is 6.08 Å². The number of nitrogens with zero attached hydrogens (tertiary/aromatic N) is 5. The van der Waals surface area contributed by atoms with Crippen LogP contribution >= 0.6 is 11.8 Å². The molecule has 1 aliphatic heterocycles. The Labute approximate surface area is 154 Å². The normalized spacial score (nSPS) is 15.1. The number of benzene rings is 1. The number of halogens is 4. The molecule has 136 valence electrons. The molecule has 0 atom stereocenters. The number of pyridine rings is 1. The number of fused-ring (bicyclic) bond motifs is 1. The molecule has 0 radical (unpaired) electrons. The maximum atomic E-state index is 14.3. The highest BCUT2D eigenvalue weighted by atomic mass is 32.2. The number of hydrogen-bond donors (Lipinski definition) is 0. The minimum Gasteiger partial charge on any atom is -0.257 e. The first-order chi connectivity index (χ1) is 13.0. The Morgan fingerprint density at radius 3 is 2.63 bits per heavy atom. The van der Waals surface area contributed by atoms with E-state index in [0.29, 0.717) is 16.7 Å². The van der Waals surface area contributed by atoms with Crippen LogP contribution in [0.1, 0.15) is 23.5 Å².